The smallest absolute Gasteiger partial charge is 0.274 e. The van der Waals surface area contributed by atoms with E-state index >= 15 is 0 Å². The standard InChI is InChI=1S/C16H22FN2O3/c17-15-10-13(16(21)18-22)9-12-5-7-19(11-14(12)15)6-3-1-2-4-8-20/h9-10,22H,1-8,11H2,(H,18,21)/q-1. The maximum atomic E-state index is 14.2. The van der Waals surface area contributed by atoms with Gasteiger partial charge in [-0.05, 0) is 37.1 Å². The highest BCUT2D eigenvalue weighted by atomic mass is 19.1. The zero-order valence-electron chi connectivity index (χ0n) is 12.6. The lowest BCUT2D eigenvalue weighted by Crippen LogP contribution is -2.32. The van der Waals surface area contributed by atoms with Crippen LogP contribution in [0.5, 0.6) is 0 Å². The lowest BCUT2D eigenvalue weighted by molar-refractivity contribution is -0.368. The van der Waals surface area contributed by atoms with Gasteiger partial charge in [0.2, 0.25) is 0 Å². The molecule has 0 saturated heterocycles. The molecule has 1 aliphatic heterocycles. The average molecular weight is 309 g/mol. The van der Waals surface area contributed by atoms with Crippen molar-refractivity contribution in [3.8, 4) is 0 Å². The molecular weight excluding hydrogens is 287 g/mol. The first-order chi connectivity index (χ1) is 10.7. The maximum Gasteiger partial charge on any atom is 0.274 e. The number of fused-ring (bicyclic) bond motifs is 1. The van der Waals surface area contributed by atoms with Gasteiger partial charge in [0.05, 0.1) is 0 Å². The number of nitrogens with one attached hydrogen (secondary N) is 1. The topological polar surface area (TPSA) is 75.6 Å². The van der Waals surface area contributed by atoms with Crippen LogP contribution in [0.2, 0.25) is 0 Å². The molecule has 1 amide bonds. The van der Waals surface area contributed by atoms with Crippen molar-refractivity contribution < 1.29 is 19.5 Å². The fourth-order valence-electron chi connectivity index (χ4n) is 2.85. The number of nitrogens with zero attached hydrogens (tertiary/aromatic N) is 1. The molecule has 2 rings (SSSR count). The van der Waals surface area contributed by atoms with Gasteiger partial charge in [-0.1, -0.05) is 19.3 Å². The Morgan fingerprint density at radius 2 is 2.09 bits per heavy atom. The average Bonchev–Trinajstić information content (AvgIpc) is 2.54. The second-order valence-corrected chi connectivity index (χ2v) is 5.68. The second-order valence-electron chi connectivity index (χ2n) is 5.68. The lowest BCUT2D eigenvalue weighted by atomic mass is 9.96. The summed E-state index contributed by atoms with van der Waals surface area (Å²) in [6.45, 7) is 2.27. The number of hydrogen-bond acceptors (Lipinski definition) is 4. The highest BCUT2D eigenvalue weighted by Gasteiger charge is 2.21. The van der Waals surface area contributed by atoms with E-state index in [-0.39, 0.29) is 12.2 Å². The molecule has 1 aliphatic rings. The van der Waals surface area contributed by atoms with Crippen molar-refractivity contribution in [1.82, 2.24) is 10.4 Å². The number of amides is 1. The number of rotatable bonds is 7. The number of hydrogen-bond donors (Lipinski definition) is 2. The molecule has 0 aliphatic carbocycles. The minimum Gasteiger partial charge on any atom is -0.854 e. The summed E-state index contributed by atoms with van der Waals surface area (Å²) in [7, 11) is 0. The normalized spacial score (nSPS) is 14.7. The van der Waals surface area contributed by atoms with Crippen molar-refractivity contribution in [3.63, 3.8) is 0 Å². The van der Waals surface area contributed by atoms with Crippen molar-refractivity contribution in [3.05, 3.63) is 34.6 Å². The number of hydroxylamine groups is 1. The number of halogens is 1. The largest absolute Gasteiger partial charge is 0.854 e. The molecule has 0 fully saturated rings. The van der Waals surface area contributed by atoms with Crippen LogP contribution in [0.1, 0.15) is 47.2 Å². The Labute approximate surface area is 129 Å². The number of benzene rings is 1. The molecule has 0 radical (unpaired) electrons. The molecule has 0 bridgehead atoms. The Balaban J connectivity index is 1.94. The van der Waals surface area contributed by atoms with E-state index in [4.69, 9.17) is 5.21 Å². The molecule has 5 nitrogen and oxygen atoms in total. The summed E-state index contributed by atoms with van der Waals surface area (Å²) in [4.78, 5) is 13.6. The molecule has 1 heterocycles. The number of carbonyl (C=O) groups excluding carboxylic acids is 1. The fraction of sp³-hybridized carbons (Fsp3) is 0.562. The number of carbonyl (C=O) groups is 1. The van der Waals surface area contributed by atoms with Gasteiger partial charge in [0, 0.05) is 24.2 Å². The van der Waals surface area contributed by atoms with Gasteiger partial charge in [-0.3, -0.25) is 14.9 Å². The summed E-state index contributed by atoms with van der Waals surface area (Å²) in [5.74, 6) is -1.09. The van der Waals surface area contributed by atoms with Crippen molar-refractivity contribution in [2.24, 2.45) is 0 Å². The highest BCUT2D eigenvalue weighted by molar-refractivity contribution is 5.93. The van der Waals surface area contributed by atoms with Gasteiger partial charge in [-0.15, -0.1) is 6.61 Å². The molecule has 1 aromatic rings. The molecule has 122 valence electrons. The summed E-state index contributed by atoms with van der Waals surface area (Å²) in [6, 6.07) is 2.82. The van der Waals surface area contributed by atoms with Gasteiger partial charge in [-0.25, -0.2) is 9.87 Å². The first-order valence-electron chi connectivity index (χ1n) is 7.72. The monoisotopic (exact) mass is 309 g/mol. The summed E-state index contributed by atoms with van der Waals surface area (Å²) < 4.78 is 14.2. The Bertz CT molecular complexity index is 522. The van der Waals surface area contributed by atoms with E-state index in [2.05, 4.69) is 4.90 Å². The van der Waals surface area contributed by atoms with Crippen LogP contribution in [-0.4, -0.2) is 35.7 Å². The SMILES string of the molecule is O=C(NO)c1cc(F)c2c(c1)CCN(CCCCCC[O-])C2. The molecular formula is C16H22FN2O3-. The van der Waals surface area contributed by atoms with E-state index in [0.717, 1.165) is 44.3 Å². The molecule has 2 N–H and O–H groups in total. The molecule has 1 aromatic carbocycles. The van der Waals surface area contributed by atoms with E-state index in [0.29, 0.717) is 18.5 Å². The van der Waals surface area contributed by atoms with Gasteiger partial charge >= 0.3 is 0 Å². The van der Waals surface area contributed by atoms with Crippen LogP contribution in [0, 0.1) is 5.82 Å². The van der Waals surface area contributed by atoms with Crippen LogP contribution in [0.25, 0.3) is 0 Å². The van der Waals surface area contributed by atoms with Gasteiger partial charge in [0.25, 0.3) is 5.91 Å². The number of unbranched alkanes of at least 4 members (excludes halogenated alkanes) is 3. The third kappa shape index (κ3) is 4.25. The van der Waals surface area contributed by atoms with Crippen LogP contribution in [-0.2, 0) is 13.0 Å². The van der Waals surface area contributed by atoms with Crippen molar-refractivity contribution >= 4 is 5.91 Å². The molecule has 0 atom stereocenters. The van der Waals surface area contributed by atoms with Crippen LogP contribution in [0.4, 0.5) is 4.39 Å². The third-order valence-corrected chi connectivity index (χ3v) is 4.10. The first kappa shape index (κ1) is 16.9. The molecule has 22 heavy (non-hydrogen) atoms. The lowest BCUT2D eigenvalue weighted by Gasteiger charge is -2.29. The van der Waals surface area contributed by atoms with E-state index in [9.17, 15) is 14.3 Å². The summed E-state index contributed by atoms with van der Waals surface area (Å²) in [5, 5.41) is 19.0. The molecule has 0 unspecified atom stereocenters. The minimum absolute atomic E-state index is 0.00789. The van der Waals surface area contributed by atoms with Gasteiger partial charge in [0.1, 0.15) is 5.82 Å². The molecule has 6 heteroatoms. The molecule has 0 aromatic heterocycles. The third-order valence-electron chi connectivity index (χ3n) is 4.10. The Hall–Kier alpha value is -1.50. The predicted octanol–water partition coefficient (Wildman–Crippen LogP) is 1.22. The Kier molecular flexibility index (Phi) is 6.30. The highest BCUT2D eigenvalue weighted by Crippen LogP contribution is 2.24. The predicted molar refractivity (Wildman–Crippen MR) is 78.0 cm³/mol. The van der Waals surface area contributed by atoms with E-state index in [1.54, 1.807) is 6.07 Å². The van der Waals surface area contributed by atoms with Crippen LogP contribution in [0.15, 0.2) is 12.1 Å². The van der Waals surface area contributed by atoms with Gasteiger partial charge < -0.3 is 5.11 Å². The van der Waals surface area contributed by atoms with E-state index in [1.807, 2.05) is 0 Å². The quantitative estimate of drug-likeness (QED) is 0.451. The van der Waals surface area contributed by atoms with Crippen molar-refractivity contribution in [1.29, 1.82) is 0 Å². The van der Waals surface area contributed by atoms with Crippen LogP contribution >= 0.6 is 0 Å². The van der Waals surface area contributed by atoms with E-state index < -0.39 is 11.7 Å². The molecule has 0 saturated carbocycles. The summed E-state index contributed by atoms with van der Waals surface area (Å²) in [5.41, 5.74) is 3.15. The Morgan fingerprint density at radius 1 is 1.32 bits per heavy atom. The van der Waals surface area contributed by atoms with Gasteiger partial charge in [0.15, 0.2) is 0 Å². The van der Waals surface area contributed by atoms with Crippen LogP contribution < -0.4 is 10.6 Å². The van der Waals surface area contributed by atoms with Crippen LogP contribution in [0.3, 0.4) is 0 Å². The van der Waals surface area contributed by atoms with E-state index in [1.165, 1.54) is 11.5 Å². The summed E-state index contributed by atoms with van der Waals surface area (Å²) in [6.07, 6.45) is 4.43. The first-order valence-corrected chi connectivity index (χ1v) is 7.72. The minimum atomic E-state index is -0.692. The zero-order valence-corrected chi connectivity index (χ0v) is 12.6. The van der Waals surface area contributed by atoms with Crippen molar-refractivity contribution in [2.75, 3.05) is 19.7 Å². The fourth-order valence-corrected chi connectivity index (χ4v) is 2.85. The zero-order chi connectivity index (χ0) is 15.9. The summed E-state index contributed by atoms with van der Waals surface area (Å²) >= 11 is 0. The van der Waals surface area contributed by atoms with Crippen molar-refractivity contribution in [2.45, 2.75) is 38.6 Å². The van der Waals surface area contributed by atoms with Gasteiger partial charge in [-0.2, -0.15) is 0 Å². The Morgan fingerprint density at radius 3 is 2.82 bits per heavy atom. The maximum absolute atomic E-state index is 14.2. The second kappa shape index (κ2) is 8.22. The molecule has 0 spiro atoms.